The molecular weight excluding hydrogens is 348 g/mol. The molecular formula is C19H22N4O4. The zero-order chi connectivity index (χ0) is 19.2. The van der Waals surface area contributed by atoms with E-state index in [2.05, 4.69) is 10.6 Å². The number of rotatable bonds is 2. The molecule has 2 fully saturated rings. The maximum absolute atomic E-state index is 13.1. The number of para-hydroxylation sites is 2. The van der Waals surface area contributed by atoms with Gasteiger partial charge in [0, 0.05) is 12.5 Å². The third-order valence-electron chi connectivity index (χ3n) is 5.62. The molecule has 27 heavy (non-hydrogen) atoms. The van der Waals surface area contributed by atoms with E-state index >= 15 is 0 Å². The highest BCUT2D eigenvalue weighted by atomic mass is 16.2. The number of carbonyl (C=O) groups excluding carboxylic acids is 4. The minimum atomic E-state index is -0.836. The Bertz CT molecular complexity index is 831. The summed E-state index contributed by atoms with van der Waals surface area (Å²) < 4.78 is 0. The highest BCUT2D eigenvalue weighted by Crippen LogP contribution is 2.36. The lowest BCUT2D eigenvalue weighted by Gasteiger charge is -2.29. The topological polar surface area (TPSA) is 98.8 Å². The SMILES string of the molecule is C[C@H]1CC(=O)Nc2ccccc2N1C(=O)CN1C(=O)NC2(CCCC2)C1=O. The van der Waals surface area contributed by atoms with Crippen LogP contribution in [-0.2, 0) is 14.4 Å². The first-order valence-corrected chi connectivity index (χ1v) is 9.26. The molecule has 3 aliphatic rings. The van der Waals surface area contributed by atoms with Gasteiger partial charge in [-0.3, -0.25) is 19.3 Å². The second-order valence-corrected chi connectivity index (χ2v) is 7.49. The summed E-state index contributed by atoms with van der Waals surface area (Å²) in [5.41, 5.74) is 0.283. The van der Waals surface area contributed by atoms with Crippen molar-refractivity contribution in [3.63, 3.8) is 0 Å². The summed E-state index contributed by atoms with van der Waals surface area (Å²) in [5, 5.41) is 5.58. The van der Waals surface area contributed by atoms with Crippen LogP contribution in [0.15, 0.2) is 24.3 Å². The van der Waals surface area contributed by atoms with Crippen LogP contribution in [0, 0.1) is 0 Å². The molecule has 0 bridgehead atoms. The van der Waals surface area contributed by atoms with Gasteiger partial charge in [-0.1, -0.05) is 25.0 Å². The van der Waals surface area contributed by atoms with Crippen molar-refractivity contribution in [3.8, 4) is 0 Å². The molecule has 2 heterocycles. The van der Waals surface area contributed by atoms with Crippen LogP contribution in [0.3, 0.4) is 0 Å². The summed E-state index contributed by atoms with van der Waals surface area (Å²) in [4.78, 5) is 52.9. The molecule has 5 amide bonds. The smallest absolute Gasteiger partial charge is 0.324 e. The van der Waals surface area contributed by atoms with Gasteiger partial charge in [-0.15, -0.1) is 0 Å². The molecule has 1 saturated carbocycles. The second-order valence-electron chi connectivity index (χ2n) is 7.49. The molecule has 2 N–H and O–H groups in total. The van der Waals surface area contributed by atoms with E-state index in [0.29, 0.717) is 24.2 Å². The number of urea groups is 1. The fraction of sp³-hybridized carbons (Fsp3) is 0.474. The maximum Gasteiger partial charge on any atom is 0.325 e. The van der Waals surface area contributed by atoms with Gasteiger partial charge in [0.05, 0.1) is 11.4 Å². The van der Waals surface area contributed by atoms with Gasteiger partial charge in [-0.25, -0.2) is 4.79 Å². The van der Waals surface area contributed by atoms with Crippen LogP contribution in [0.2, 0.25) is 0 Å². The van der Waals surface area contributed by atoms with Crippen molar-refractivity contribution in [2.24, 2.45) is 0 Å². The number of anilines is 2. The zero-order valence-corrected chi connectivity index (χ0v) is 15.2. The normalized spacial score (nSPS) is 23.9. The van der Waals surface area contributed by atoms with E-state index in [-0.39, 0.29) is 36.7 Å². The van der Waals surface area contributed by atoms with Gasteiger partial charge in [0.2, 0.25) is 11.8 Å². The van der Waals surface area contributed by atoms with Crippen LogP contribution in [-0.4, -0.2) is 46.8 Å². The van der Waals surface area contributed by atoms with Crippen LogP contribution in [0.25, 0.3) is 0 Å². The Balaban J connectivity index is 1.60. The number of imide groups is 1. The van der Waals surface area contributed by atoms with Crippen molar-refractivity contribution in [1.82, 2.24) is 10.2 Å². The Morgan fingerprint density at radius 2 is 1.89 bits per heavy atom. The van der Waals surface area contributed by atoms with Crippen molar-refractivity contribution in [1.29, 1.82) is 0 Å². The quantitative estimate of drug-likeness (QED) is 0.773. The Kier molecular flexibility index (Phi) is 4.13. The van der Waals surface area contributed by atoms with E-state index in [4.69, 9.17) is 0 Å². The van der Waals surface area contributed by atoms with Crippen LogP contribution >= 0.6 is 0 Å². The highest BCUT2D eigenvalue weighted by Gasteiger charge is 2.53. The van der Waals surface area contributed by atoms with Crippen LogP contribution in [0.1, 0.15) is 39.0 Å². The third-order valence-corrected chi connectivity index (χ3v) is 5.62. The van der Waals surface area contributed by atoms with Gasteiger partial charge in [-0.05, 0) is 31.9 Å². The average Bonchev–Trinajstić information content (AvgIpc) is 3.13. The number of nitrogens with zero attached hydrogens (tertiary/aromatic N) is 2. The number of fused-ring (bicyclic) bond motifs is 1. The molecule has 1 spiro atoms. The number of hydrogen-bond donors (Lipinski definition) is 2. The van der Waals surface area contributed by atoms with Gasteiger partial charge in [-0.2, -0.15) is 0 Å². The molecule has 1 atom stereocenters. The monoisotopic (exact) mass is 370 g/mol. The molecule has 8 heteroatoms. The molecule has 1 aromatic carbocycles. The average molecular weight is 370 g/mol. The summed E-state index contributed by atoms with van der Waals surface area (Å²) in [6, 6.07) is 6.14. The van der Waals surface area contributed by atoms with Gasteiger partial charge < -0.3 is 15.5 Å². The first kappa shape index (κ1) is 17.5. The number of carbonyl (C=O) groups is 4. The van der Waals surface area contributed by atoms with Crippen molar-refractivity contribution in [3.05, 3.63) is 24.3 Å². The van der Waals surface area contributed by atoms with E-state index < -0.39 is 11.6 Å². The number of nitrogens with one attached hydrogen (secondary N) is 2. The van der Waals surface area contributed by atoms with Crippen molar-refractivity contribution >= 4 is 35.1 Å². The fourth-order valence-corrected chi connectivity index (χ4v) is 4.32. The highest BCUT2D eigenvalue weighted by molar-refractivity contribution is 6.12. The molecule has 1 saturated heterocycles. The predicted molar refractivity (Wildman–Crippen MR) is 98.1 cm³/mol. The molecule has 8 nitrogen and oxygen atoms in total. The van der Waals surface area contributed by atoms with Crippen molar-refractivity contribution in [2.45, 2.75) is 50.6 Å². The third kappa shape index (κ3) is 2.85. The first-order valence-electron chi connectivity index (χ1n) is 9.26. The van der Waals surface area contributed by atoms with Gasteiger partial charge >= 0.3 is 6.03 Å². The van der Waals surface area contributed by atoms with E-state index in [1.807, 2.05) is 0 Å². The van der Waals surface area contributed by atoms with Crippen molar-refractivity contribution in [2.75, 3.05) is 16.8 Å². The molecule has 142 valence electrons. The molecule has 2 aliphatic heterocycles. The standard InChI is InChI=1S/C19H22N4O4/c1-12-10-15(24)20-13-6-2-3-7-14(13)23(12)16(25)11-22-17(26)19(21-18(22)27)8-4-5-9-19/h2-3,6-7,12H,4-5,8-11H2,1H3,(H,20,24)(H,21,27)/t12-/m0/s1. The van der Waals surface area contributed by atoms with Crippen molar-refractivity contribution < 1.29 is 19.2 Å². The van der Waals surface area contributed by atoms with Crippen LogP contribution in [0.5, 0.6) is 0 Å². The maximum atomic E-state index is 13.1. The lowest BCUT2D eigenvalue weighted by atomic mass is 9.98. The Hall–Kier alpha value is -2.90. The zero-order valence-electron chi connectivity index (χ0n) is 15.2. The van der Waals surface area contributed by atoms with E-state index in [9.17, 15) is 19.2 Å². The minimum Gasteiger partial charge on any atom is -0.324 e. The summed E-state index contributed by atoms with van der Waals surface area (Å²) in [7, 11) is 0. The Labute approximate surface area is 156 Å². The fourth-order valence-electron chi connectivity index (χ4n) is 4.32. The van der Waals surface area contributed by atoms with Gasteiger partial charge in [0.15, 0.2) is 0 Å². The second kappa shape index (κ2) is 6.37. The van der Waals surface area contributed by atoms with Crippen LogP contribution in [0.4, 0.5) is 16.2 Å². The summed E-state index contributed by atoms with van der Waals surface area (Å²) in [5.74, 6) is -0.876. The lowest BCUT2D eigenvalue weighted by Crippen LogP contribution is -2.48. The van der Waals surface area contributed by atoms with E-state index in [0.717, 1.165) is 17.7 Å². The van der Waals surface area contributed by atoms with Gasteiger partial charge in [0.1, 0.15) is 12.1 Å². The Morgan fingerprint density at radius 3 is 2.63 bits per heavy atom. The molecule has 0 aromatic heterocycles. The number of amides is 5. The minimum absolute atomic E-state index is 0.143. The van der Waals surface area contributed by atoms with E-state index in [1.54, 1.807) is 31.2 Å². The molecule has 4 rings (SSSR count). The lowest BCUT2D eigenvalue weighted by molar-refractivity contribution is -0.134. The van der Waals surface area contributed by atoms with E-state index in [1.165, 1.54) is 4.90 Å². The Morgan fingerprint density at radius 1 is 1.19 bits per heavy atom. The predicted octanol–water partition coefficient (Wildman–Crippen LogP) is 1.61. The summed E-state index contributed by atoms with van der Waals surface area (Å²) >= 11 is 0. The molecule has 0 radical (unpaired) electrons. The molecule has 1 aromatic rings. The molecule has 1 aliphatic carbocycles. The largest absolute Gasteiger partial charge is 0.325 e. The first-order chi connectivity index (χ1) is 12.9. The summed E-state index contributed by atoms with van der Waals surface area (Å²) in [6.45, 7) is 1.45. The molecule has 0 unspecified atom stereocenters. The van der Waals surface area contributed by atoms with Crippen LogP contribution < -0.4 is 15.5 Å². The summed E-state index contributed by atoms with van der Waals surface area (Å²) in [6.07, 6.45) is 3.15. The number of benzene rings is 1. The number of hydrogen-bond acceptors (Lipinski definition) is 4. The van der Waals surface area contributed by atoms with Gasteiger partial charge in [0.25, 0.3) is 5.91 Å².